The SMILES string of the molecule is COCCOc1ccc(S(=O)(=O)Oc2cccc(-n3cnnn3)c2)cc1C. The van der Waals surface area contributed by atoms with Gasteiger partial charge in [-0.3, -0.25) is 0 Å². The molecule has 1 aromatic heterocycles. The molecule has 3 aromatic rings. The number of tetrazole rings is 1. The average molecular weight is 390 g/mol. The van der Waals surface area contributed by atoms with Crippen molar-refractivity contribution in [3.8, 4) is 17.2 Å². The van der Waals surface area contributed by atoms with Crippen molar-refractivity contribution >= 4 is 10.1 Å². The summed E-state index contributed by atoms with van der Waals surface area (Å²) in [4.78, 5) is 0.0342. The van der Waals surface area contributed by atoms with Crippen LogP contribution in [0.1, 0.15) is 5.56 Å². The van der Waals surface area contributed by atoms with Gasteiger partial charge in [-0.05, 0) is 53.2 Å². The zero-order valence-electron chi connectivity index (χ0n) is 14.8. The lowest BCUT2D eigenvalue weighted by molar-refractivity contribution is 0.146. The molecule has 9 nitrogen and oxygen atoms in total. The van der Waals surface area contributed by atoms with Gasteiger partial charge in [0.2, 0.25) is 0 Å². The van der Waals surface area contributed by atoms with E-state index in [1.165, 1.54) is 29.2 Å². The third kappa shape index (κ3) is 4.60. The van der Waals surface area contributed by atoms with Gasteiger partial charge in [-0.15, -0.1) is 5.10 Å². The molecule has 0 spiro atoms. The van der Waals surface area contributed by atoms with Gasteiger partial charge >= 0.3 is 10.1 Å². The van der Waals surface area contributed by atoms with Crippen LogP contribution in [-0.2, 0) is 14.9 Å². The van der Waals surface area contributed by atoms with E-state index in [4.69, 9.17) is 13.7 Å². The summed E-state index contributed by atoms with van der Waals surface area (Å²) in [6, 6.07) is 11.0. The Labute approximate surface area is 156 Å². The van der Waals surface area contributed by atoms with Crippen LogP contribution in [0.3, 0.4) is 0 Å². The topological polar surface area (TPSA) is 105 Å². The van der Waals surface area contributed by atoms with Gasteiger partial charge in [-0.1, -0.05) is 6.07 Å². The molecule has 0 fully saturated rings. The highest BCUT2D eigenvalue weighted by Crippen LogP contribution is 2.25. The van der Waals surface area contributed by atoms with E-state index in [1.54, 1.807) is 38.3 Å². The fraction of sp³-hybridized carbons (Fsp3) is 0.235. The molecule has 0 saturated carbocycles. The Morgan fingerprint density at radius 3 is 2.67 bits per heavy atom. The number of methoxy groups -OCH3 is 1. The molecule has 27 heavy (non-hydrogen) atoms. The Morgan fingerprint density at radius 1 is 1.11 bits per heavy atom. The molecule has 0 aliphatic carbocycles. The first kappa shape index (κ1) is 18.8. The zero-order valence-corrected chi connectivity index (χ0v) is 15.6. The van der Waals surface area contributed by atoms with Crippen molar-refractivity contribution in [3.63, 3.8) is 0 Å². The number of benzene rings is 2. The van der Waals surface area contributed by atoms with Crippen molar-refractivity contribution < 1.29 is 22.1 Å². The Kier molecular flexibility index (Phi) is 5.67. The summed E-state index contributed by atoms with van der Waals surface area (Å²) in [6.45, 7) is 2.59. The molecule has 3 rings (SSSR count). The number of nitrogens with zero attached hydrogens (tertiary/aromatic N) is 4. The van der Waals surface area contributed by atoms with Crippen LogP contribution in [0.5, 0.6) is 11.5 Å². The molecule has 0 aliphatic heterocycles. The molecular weight excluding hydrogens is 372 g/mol. The summed E-state index contributed by atoms with van der Waals surface area (Å²) in [5.41, 5.74) is 1.25. The van der Waals surface area contributed by atoms with Gasteiger partial charge in [0.1, 0.15) is 29.3 Å². The number of hydrogen-bond donors (Lipinski definition) is 0. The van der Waals surface area contributed by atoms with Gasteiger partial charge < -0.3 is 13.7 Å². The fourth-order valence-electron chi connectivity index (χ4n) is 2.31. The molecule has 0 atom stereocenters. The minimum absolute atomic E-state index is 0.0342. The molecule has 1 heterocycles. The zero-order chi connectivity index (χ0) is 19.3. The lowest BCUT2D eigenvalue weighted by Crippen LogP contribution is -2.11. The van der Waals surface area contributed by atoms with E-state index in [-0.39, 0.29) is 10.6 Å². The van der Waals surface area contributed by atoms with Crippen LogP contribution >= 0.6 is 0 Å². The van der Waals surface area contributed by atoms with Gasteiger partial charge in [0, 0.05) is 13.2 Å². The number of ether oxygens (including phenoxy) is 2. The molecule has 0 aliphatic rings. The third-order valence-electron chi connectivity index (χ3n) is 3.62. The quantitative estimate of drug-likeness (QED) is 0.423. The summed E-state index contributed by atoms with van der Waals surface area (Å²) in [5.74, 6) is 0.743. The van der Waals surface area contributed by atoms with Gasteiger partial charge in [0.25, 0.3) is 0 Å². The highest BCUT2D eigenvalue weighted by atomic mass is 32.2. The van der Waals surface area contributed by atoms with Crippen molar-refractivity contribution in [1.82, 2.24) is 20.2 Å². The molecule has 10 heteroatoms. The van der Waals surface area contributed by atoms with E-state index >= 15 is 0 Å². The maximum atomic E-state index is 12.6. The van der Waals surface area contributed by atoms with Crippen molar-refractivity contribution in [2.75, 3.05) is 20.3 Å². The van der Waals surface area contributed by atoms with Gasteiger partial charge in [0.15, 0.2) is 0 Å². The number of aryl methyl sites for hydroxylation is 1. The first-order valence-corrected chi connectivity index (χ1v) is 9.41. The summed E-state index contributed by atoms with van der Waals surface area (Å²) in [7, 11) is -2.42. The van der Waals surface area contributed by atoms with Crippen LogP contribution in [0.15, 0.2) is 53.7 Å². The molecule has 142 valence electrons. The Hall–Kier alpha value is -2.98. The standard InChI is InChI=1S/C17H18N4O5S/c1-13-10-16(6-7-17(13)25-9-8-24-2)27(22,23)26-15-5-3-4-14(11-15)21-12-18-19-20-21/h3-7,10-12H,8-9H2,1-2H3. The number of rotatable bonds is 8. The normalized spacial score (nSPS) is 11.3. The van der Waals surface area contributed by atoms with Crippen molar-refractivity contribution in [1.29, 1.82) is 0 Å². The van der Waals surface area contributed by atoms with Crippen LogP contribution in [0, 0.1) is 6.92 Å². The summed E-state index contributed by atoms with van der Waals surface area (Å²) in [6.07, 6.45) is 1.40. The van der Waals surface area contributed by atoms with Crippen molar-refractivity contribution in [3.05, 3.63) is 54.4 Å². The average Bonchev–Trinajstić information content (AvgIpc) is 3.18. The molecule has 0 bridgehead atoms. The highest BCUT2D eigenvalue weighted by molar-refractivity contribution is 7.87. The third-order valence-corrected chi connectivity index (χ3v) is 4.86. The molecule has 0 amide bonds. The Balaban J connectivity index is 1.79. The smallest absolute Gasteiger partial charge is 0.339 e. The maximum Gasteiger partial charge on any atom is 0.339 e. The van der Waals surface area contributed by atoms with Gasteiger partial charge in [-0.25, -0.2) is 4.68 Å². The predicted molar refractivity (Wildman–Crippen MR) is 95.5 cm³/mol. The van der Waals surface area contributed by atoms with Crippen molar-refractivity contribution in [2.24, 2.45) is 0 Å². The van der Waals surface area contributed by atoms with Crippen LogP contribution in [0.2, 0.25) is 0 Å². The largest absolute Gasteiger partial charge is 0.491 e. The molecule has 0 N–H and O–H groups in total. The highest BCUT2D eigenvalue weighted by Gasteiger charge is 2.18. The Morgan fingerprint density at radius 2 is 1.96 bits per heavy atom. The first-order chi connectivity index (χ1) is 13.0. The monoisotopic (exact) mass is 390 g/mol. The second-order valence-corrected chi connectivity index (χ2v) is 7.10. The van der Waals surface area contributed by atoms with Gasteiger partial charge in [-0.2, -0.15) is 8.42 Å². The number of aromatic nitrogens is 4. The van der Waals surface area contributed by atoms with E-state index in [1.807, 2.05) is 0 Å². The summed E-state index contributed by atoms with van der Waals surface area (Å²) < 4.78 is 42.3. The van der Waals surface area contributed by atoms with E-state index in [9.17, 15) is 8.42 Å². The maximum absolute atomic E-state index is 12.6. The minimum Gasteiger partial charge on any atom is -0.491 e. The predicted octanol–water partition coefficient (Wildman–Crippen LogP) is 1.76. The van der Waals surface area contributed by atoms with Gasteiger partial charge in [0.05, 0.1) is 12.3 Å². The second kappa shape index (κ2) is 8.14. The minimum atomic E-state index is -4.00. The van der Waals surface area contributed by atoms with Crippen LogP contribution < -0.4 is 8.92 Å². The van der Waals surface area contributed by atoms with Crippen LogP contribution in [-0.4, -0.2) is 48.9 Å². The van der Waals surface area contributed by atoms with E-state index in [0.717, 1.165) is 0 Å². The molecule has 0 radical (unpaired) electrons. The lowest BCUT2D eigenvalue weighted by atomic mass is 10.2. The molecular formula is C17H18N4O5S. The van der Waals surface area contributed by atoms with Crippen LogP contribution in [0.4, 0.5) is 0 Å². The number of hydrogen-bond acceptors (Lipinski definition) is 8. The van der Waals surface area contributed by atoms with E-state index in [2.05, 4.69) is 15.5 Å². The van der Waals surface area contributed by atoms with E-state index in [0.29, 0.717) is 30.2 Å². The molecule has 0 saturated heterocycles. The summed E-state index contributed by atoms with van der Waals surface area (Å²) >= 11 is 0. The van der Waals surface area contributed by atoms with Crippen molar-refractivity contribution in [2.45, 2.75) is 11.8 Å². The van der Waals surface area contributed by atoms with E-state index < -0.39 is 10.1 Å². The Bertz CT molecular complexity index is 1010. The first-order valence-electron chi connectivity index (χ1n) is 8.00. The lowest BCUT2D eigenvalue weighted by Gasteiger charge is -2.12. The van der Waals surface area contributed by atoms with Crippen LogP contribution in [0.25, 0.3) is 5.69 Å². The molecule has 0 unspecified atom stereocenters. The molecule has 2 aromatic carbocycles. The summed E-state index contributed by atoms with van der Waals surface area (Å²) in [5, 5.41) is 10.9. The second-order valence-electron chi connectivity index (χ2n) is 5.56. The fourth-order valence-corrected chi connectivity index (χ4v) is 3.32.